The maximum atomic E-state index is 5.40. The summed E-state index contributed by atoms with van der Waals surface area (Å²) in [7, 11) is 1.72. The predicted molar refractivity (Wildman–Crippen MR) is 72.0 cm³/mol. The van der Waals surface area contributed by atoms with E-state index in [-0.39, 0.29) is 0 Å². The molecule has 0 radical (unpaired) electrons. The van der Waals surface area contributed by atoms with Crippen molar-refractivity contribution in [1.29, 1.82) is 0 Å². The van der Waals surface area contributed by atoms with Crippen LogP contribution in [0, 0.1) is 6.92 Å². The minimum atomic E-state index is 0.370. The Labute approximate surface area is 108 Å². The summed E-state index contributed by atoms with van der Waals surface area (Å²) in [5, 5.41) is 0. The first-order valence-electron chi connectivity index (χ1n) is 5.08. The fourth-order valence-electron chi connectivity index (χ4n) is 1.50. The summed E-state index contributed by atoms with van der Waals surface area (Å²) >= 11 is 7.25. The smallest absolute Gasteiger partial charge is 0.123 e. The molecule has 0 saturated heterocycles. The molecule has 15 heavy (non-hydrogen) atoms. The molecule has 84 valence electrons. The molecule has 0 fully saturated rings. The molecule has 1 aromatic rings. The van der Waals surface area contributed by atoms with E-state index in [0.29, 0.717) is 4.83 Å². The third-order valence-electron chi connectivity index (χ3n) is 2.39. The summed E-state index contributed by atoms with van der Waals surface area (Å²) < 4.78 is 6.54. The summed E-state index contributed by atoms with van der Waals surface area (Å²) in [5.74, 6) is 0.964. The second-order valence-corrected chi connectivity index (χ2v) is 5.56. The van der Waals surface area contributed by atoms with Gasteiger partial charge in [0.15, 0.2) is 0 Å². The first-order valence-corrected chi connectivity index (χ1v) is 6.79. The van der Waals surface area contributed by atoms with Crippen molar-refractivity contribution in [2.45, 2.75) is 31.5 Å². The molecule has 0 N–H and O–H groups in total. The third kappa shape index (κ3) is 3.22. The van der Waals surface area contributed by atoms with Crippen molar-refractivity contribution in [3.05, 3.63) is 27.7 Å². The number of ether oxygens (including phenoxy) is 1. The SMILES string of the molecule is CCCC(Br)c1cc(Br)c(C)cc1OC. The summed E-state index contributed by atoms with van der Waals surface area (Å²) in [4.78, 5) is 0.370. The average molecular weight is 336 g/mol. The Morgan fingerprint density at radius 2 is 2.07 bits per heavy atom. The van der Waals surface area contributed by atoms with Crippen LogP contribution in [0.5, 0.6) is 5.75 Å². The number of rotatable bonds is 4. The Morgan fingerprint density at radius 1 is 1.40 bits per heavy atom. The maximum Gasteiger partial charge on any atom is 0.123 e. The van der Waals surface area contributed by atoms with Crippen molar-refractivity contribution < 1.29 is 4.74 Å². The fourth-order valence-corrected chi connectivity index (χ4v) is 2.68. The second kappa shape index (κ2) is 5.90. The van der Waals surface area contributed by atoms with E-state index in [9.17, 15) is 0 Å². The Hall–Kier alpha value is -0.0200. The highest BCUT2D eigenvalue weighted by Crippen LogP contribution is 2.37. The van der Waals surface area contributed by atoms with Crippen molar-refractivity contribution in [3.8, 4) is 5.75 Å². The molecule has 0 bridgehead atoms. The molecule has 3 heteroatoms. The molecule has 0 heterocycles. The van der Waals surface area contributed by atoms with Crippen LogP contribution >= 0.6 is 31.9 Å². The van der Waals surface area contributed by atoms with Crippen LogP contribution in [0.25, 0.3) is 0 Å². The molecule has 0 aliphatic heterocycles. The summed E-state index contributed by atoms with van der Waals surface area (Å²) in [5.41, 5.74) is 2.42. The molecule has 1 aromatic carbocycles. The number of hydrogen-bond acceptors (Lipinski definition) is 1. The quantitative estimate of drug-likeness (QED) is 0.703. The van der Waals surface area contributed by atoms with Crippen molar-refractivity contribution in [1.82, 2.24) is 0 Å². The molecule has 1 atom stereocenters. The topological polar surface area (TPSA) is 9.23 Å². The van der Waals surface area contributed by atoms with Gasteiger partial charge in [0.1, 0.15) is 5.75 Å². The van der Waals surface area contributed by atoms with Gasteiger partial charge < -0.3 is 4.74 Å². The van der Waals surface area contributed by atoms with E-state index in [1.807, 2.05) is 0 Å². The monoisotopic (exact) mass is 334 g/mol. The Bertz CT molecular complexity index is 337. The summed E-state index contributed by atoms with van der Waals surface area (Å²) in [6.07, 6.45) is 2.27. The lowest BCUT2D eigenvalue weighted by Crippen LogP contribution is -1.96. The number of hydrogen-bond donors (Lipinski definition) is 0. The Morgan fingerprint density at radius 3 is 2.60 bits per heavy atom. The maximum absolute atomic E-state index is 5.40. The van der Waals surface area contributed by atoms with E-state index < -0.39 is 0 Å². The molecule has 1 rings (SSSR count). The van der Waals surface area contributed by atoms with Gasteiger partial charge in [0.05, 0.1) is 7.11 Å². The lowest BCUT2D eigenvalue weighted by Gasteiger charge is -2.15. The predicted octanol–water partition coefficient (Wildman–Crippen LogP) is 5.00. The van der Waals surface area contributed by atoms with Crippen molar-refractivity contribution >= 4 is 31.9 Å². The van der Waals surface area contributed by atoms with Gasteiger partial charge in [-0.25, -0.2) is 0 Å². The first kappa shape index (κ1) is 13.0. The zero-order valence-corrected chi connectivity index (χ0v) is 12.5. The number of aryl methyl sites for hydroxylation is 1. The van der Waals surface area contributed by atoms with Gasteiger partial charge in [0, 0.05) is 14.9 Å². The molecular formula is C12H16Br2O. The number of alkyl halides is 1. The minimum absolute atomic E-state index is 0.370. The molecule has 1 nitrogen and oxygen atoms in total. The van der Waals surface area contributed by atoms with Crippen LogP contribution < -0.4 is 4.74 Å². The zero-order chi connectivity index (χ0) is 11.4. The highest BCUT2D eigenvalue weighted by Gasteiger charge is 2.13. The molecule has 0 aliphatic rings. The van der Waals surface area contributed by atoms with Crippen LogP contribution in [0.2, 0.25) is 0 Å². The van der Waals surface area contributed by atoms with Crippen LogP contribution in [0.1, 0.15) is 35.7 Å². The van der Waals surface area contributed by atoms with Crippen molar-refractivity contribution in [3.63, 3.8) is 0 Å². The fraction of sp³-hybridized carbons (Fsp3) is 0.500. The molecule has 0 amide bonds. The number of benzene rings is 1. The van der Waals surface area contributed by atoms with Gasteiger partial charge in [-0.1, -0.05) is 45.2 Å². The van der Waals surface area contributed by atoms with Gasteiger partial charge in [-0.05, 0) is 31.0 Å². The standard InChI is InChI=1S/C12H16Br2O/c1-4-5-10(13)9-7-11(14)8(2)6-12(9)15-3/h6-7,10H,4-5H2,1-3H3. The first-order chi connectivity index (χ1) is 7.10. The van der Waals surface area contributed by atoms with Gasteiger partial charge >= 0.3 is 0 Å². The van der Waals surface area contributed by atoms with E-state index in [1.165, 1.54) is 11.1 Å². The van der Waals surface area contributed by atoms with Crippen LogP contribution in [-0.2, 0) is 0 Å². The van der Waals surface area contributed by atoms with Gasteiger partial charge in [-0.3, -0.25) is 0 Å². The largest absolute Gasteiger partial charge is 0.496 e. The van der Waals surface area contributed by atoms with Crippen LogP contribution in [0.3, 0.4) is 0 Å². The van der Waals surface area contributed by atoms with Gasteiger partial charge in [0.2, 0.25) is 0 Å². The third-order valence-corrected chi connectivity index (χ3v) is 4.20. The van der Waals surface area contributed by atoms with E-state index >= 15 is 0 Å². The molecular weight excluding hydrogens is 320 g/mol. The lowest BCUT2D eigenvalue weighted by atomic mass is 10.1. The molecule has 0 aromatic heterocycles. The van der Waals surface area contributed by atoms with E-state index in [2.05, 4.69) is 57.8 Å². The Kier molecular flexibility index (Phi) is 5.13. The lowest BCUT2D eigenvalue weighted by molar-refractivity contribution is 0.408. The average Bonchev–Trinajstić information content (AvgIpc) is 2.21. The number of methoxy groups -OCH3 is 1. The van der Waals surface area contributed by atoms with Crippen LogP contribution in [0.4, 0.5) is 0 Å². The van der Waals surface area contributed by atoms with Crippen molar-refractivity contribution in [2.75, 3.05) is 7.11 Å². The van der Waals surface area contributed by atoms with Crippen LogP contribution in [0.15, 0.2) is 16.6 Å². The number of halogens is 2. The van der Waals surface area contributed by atoms with Crippen molar-refractivity contribution in [2.24, 2.45) is 0 Å². The highest BCUT2D eigenvalue weighted by molar-refractivity contribution is 9.10. The van der Waals surface area contributed by atoms with E-state index in [4.69, 9.17) is 4.74 Å². The van der Waals surface area contributed by atoms with Gasteiger partial charge in [0.25, 0.3) is 0 Å². The molecule has 0 spiro atoms. The van der Waals surface area contributed by atoms with Gasteiger partial charge in [-0.2, -0.15) is 0 Å². The molecule has 1 unspecified atom stereocenters. The molecule has 0 aliphatic carbocycles. The molecule has 0 saturated carbocycles. The highest BCUT2D eigenvalue weighted by atomic mass is 79.9. The zero-order valence-electron chi connectivity index (χ0n) is 9.31. The van der Waals surface area contributed by atoms with E-state index in [0.717, 1.165) is 23.1 Å². The minimum Gasteiger partial charge on any atom is -0.496 e. The summed E-state index contributed by atoms with van der Waals surface area (Å²) in [6, 6.07) is 4.21. The van der Waals surface area contributed by atoms with Crippen LogP contribution in [-0.4, -0.2) is 7.11 Å². The Balaban J connectivity index is 3.09. The normalized spacial score (nSPS) is 12.6. The van der Waals surface area contributed by atoms with Gasteiger partial charge in [-0.15, -0.1) is 0 Å². The summed E-state index contributed by atoms with van der Waals surface area (Å²) in [6.45, 7) is 4.25. The van der Waals surface area contributed by atoms with E-state index in [1.54, 1.807) is 7.11 Å². The second-order valence-electron chi connectivity index (χ2n) is 3.60.